The van der Waals surface area contributed by atoms with Crippen molar-refractivity contribution in [3.63, 3.8) is 0 Å². The fourth-order valence-electron chi connectivity index (χ4n) is 1.45. The van der Waals surface area contributed by atoms with E-state index in [1.54, 1.807) is 18.2 Å². The summed E-state index contributed by atoms with van der Waals surface area (Å²) in [7, 11) is 0. The summed E-state index contributed by atoms with van der Waals surface area (Å²) in [5, 5.41) is 0.869. The van der Waals surface area contributed by atoms with E-state index in [1.807, 2.05) is 0 Å². The van der Waals surface area contributed by atoms with E-state index in [4.69, 9.17) is 33.8 Å². The SMILES string of the molecule is NNC(CCOCC(F)F)c1ccc(Cl)c(Cl)c1. The zero-order chi connectivity index (χ0) is 13.5. The number of hydrogen-bond donors (Lipinski definition) is 2. The molecule has 0 aromatic heterocycles. The molecule has 1 atom stereocenters. The summed E-state index contributed by atoms with van der Waals surface area (Å²) in [5.41, 5.74) is 3.41. The summed E-state index contributed by atoms with van der Waals surface area (Å²) in [6.45, 7) is -0.391. The molecule has 0 fully saturated rings. The highest BCUT2D eigenvalue weighted by Gasteiger charge is 2.12. The van der Waals surface area contributed by atoms with Crippen molar-refractivity contribution in [1.29, 1.82) is 0 Å². The Morgan fingerprint density at radius 3 is 2.56 bits per heavy atom. The van der Waals surface area contributed by atoms with E-state index in [-0.39, 0.29) is 12.6 Å². The zero-order valence-corrected chi connectivity index (χ0v) is 11.0. The van der Waals surface area contributed by atoms with Gasteiger partial charge in [-0.1, -0.05) is 29.3 Å². The number of rotatable bonds is 7. The highest BCUT2D eigenvalue weighted by Crippen LogP contribution is 2.26. The van der Waals surface area contributed by atoms with Crippen LogP contribution in [0.2, 0.25) is 10.0 Å². The van der Waals surface area contributed by atoms with Gasteiger partial charge in [0.2, 0.25) is 0 Å². The highest BCUT2D eigenvalue weighted by atomic mass is 35.5. The van der Waals surface area contributed by atoms with Gasteiger partial charge < -0.3 is 4.74 Å². The molecule has 7 heteroatoms. The Morgan fingerprint density at radius 2 is 2.00 bits per heavy atom. The van der Waals surface area contributed by atoms with Crippen molar-refractivity contribution in [3.8, 4) is 0 Å². The van der Waals surface area contributed by atoms with Gasteiger partial charge in [-0.2, -0.15) is 0 Å². The second-order valence-electron chi connectivity index (χ2n) is 3.65. The van der Waals surface area contributed by atoms with Gasteiger partial charge in [-0.3, -0.25) is 11.3 Å². The summed E-state index contributed by atoms with van der Waals surface area (Å²) in [6, 6.07) is 4.88. The molecule has 1 aromatic rings. The Morgan fingerprint density at radius 1 is 1.28 bits per heavy atom. The maximum absolute atomic E-state index is 11.9. The van der Waals surface area contributed by atoms with Crippen LogP contribution in [0.4, 0.5) is 8.78 Å². The van der Waals surface area contributed by atoms with Crippen molar-refractivity contribution in [2.75, 3.05) is 13.2 Å². The fraction of sp³-hybridized carbons (Fsp3) is 0.455. The Kier molecular flexibility index (Phi) is 6.81. The fourth-order valence-corrected chi connectivity index (χ4v) is 1.76. The first-order chi connectivity index (χ1) is 8.54. The number of ether oxygens (including phenoxy) is 1. The first-order valence-electron chi connectivity index (χ1n) is 5.31. The van der Waals surface area contributed by atoms with Crippen LogP contribution in [-0.2, 0) is 4.74 Å². The van der Waals surface area contributed by atoms with Gasteiger partial charge in [-0.15, -0.1) is 0 Å². The molecule has 0 aliphatic heterocycles. The van der Waals surface area contributed by atoms with Crippen LogP contribution in [0.1, 0.15) is 18.0 Å². The summed E-state index contributed by atoms with van der Waals surface area (Å²) < 4.78 is 28.5. The number of nitrogens with two attached hydrogens (primary N) is 1. The van der Waals surface area contributed by atoms with Crippen LogP contribution in [0, 0.1) is 0 Å². The molecule has 0 spiro atoms. The molecule has 3 N–H and O–H groups in total. The number of benzene rings is 1. The molecule has 0 aliphatic rings. The van der Waals surface area contributed by atoms with Gasteiger partial charge in [0.25, 0.3) is 6.43 Å². The van der Waals surface area contributed by atoms with E-state index in [1.165, 1.54) is 0 Å². The molecule has 0 amide bonds. The van der Waals surface area contributed by atoms with Gasteiger partial charge in [-0.05, 0) is 24.1 Å². The quantitative estimate of drug-likeness (QED) is 0.462. The van der Waals surface area contributed by atoms with Gasteiger partial charge in [-0.25, -0.2) is 8.78 Å². The summed E-state index contributed by atoms with van der Waals surface area (Å²) >= 11 is 11.7. The Balaban J connectivity index is 2.52. The van der Waals surface area contributed by atoms with Crippen molar-refractivity contribution >= 4 is 23.2 Å². The maximum Gasteiger partial charge on any atom is 0.261 e. The predicted octanol–water partition coefficient (Wildman–Crippen LogP) is 3.17. The number of halogens is 4. The zero-order valence-electron chi connectivity index (χ0n) is 9.51. The van der Waals surface area contributed by atoms with Crippen LogP contribution >= 0.6 is 23.2 Å². The number of hydrogen-bond acceptors (Lipinski definition) is 3. The molecule has 0 saturated heterocycles. The molecular weight excluding hydrogens is 285 g/mol. The summed E-state index contributed by atoms with van der Waals surface area (Å²) in [4.78, 5) is 0. The smallest absolute Gasteiger partial charge is 0.261 e. The standard InChI is InChI=1S/C11H14Cl2F2N2O/c12-8-2-1-7(5-9(8)13)10(17-16)3-4-18-6-11(14)15/h1-2,5,10-11,17H,3-4,6,16H2. The van der Waals surface area contributed by atoms with Crippen molar-refractivity contribution in [3.05, 3.63) is 33.8 Å². The van der Waals surface area contributed by atoms with Crippen LogP contribution < -0.4 is 11.3 Å². The molecule has 102 valence electrons. The summed E-state index contributed by atoms with van der Waals surface area (Å²) in [5.74, 6) is 5.41. The Hall–Kier alpha value is -0.460. The third-order valence-corrected chi connectivity index (χ3v) is 3.08. The average Bonchev–Trinajstić information content (AvgIpc) is 2.33. The second kappa shape index (κ2) is 7.86. The van der Waals surface area contributed by atoms with Gasteiger partial charge in [0.1, 0.15) is 6.61 Å². The molecule has 0 heterocycles. The van der Waals surface area contributed by atoms with Crippen LogP contribution in [0.15, 0.2) is 18.2 Å². The molecule has 1 aromatic carbocycles. The molecule has 18 heavy (non-hydrogen) atoms. The van der Waals surface area contributed by atoms with E-state index in [0.717, 1.165) is 5.56 Å². The van der Waals surface area contributed by atoms with E-state index < -0.39 is 13.0 Å². The lowest BCUT2D eigenvalue weighted by molar-refractivity contribution is 0.0143. The molecule has 0 radical (unpaired) electrons. The van der Waals surface area contributed by atoms with Crippen LogP contribution in [0.25, 0.3) is 0 Å². The Labute approximate surface area is 114 Å². The second-order valence-corrected chi connectivity index (χ2v) is 4.46. The highest BCUT2D eigenvalue weighted by molar-refractivity contribution is 6.42. The van der Waals surface area contributed by atoms with Gasteiger partial charge in [0, 0.05) is 12.6 Å². The minimum absolute atomic E-state index is 0.180. The van der Waals surface area contributed by atoms with Crippen molar-refractivity contribution in [2.45, 2.75) is 18.9 Å². The largest absolute Gasteiger partial charge is 0.375 e. The maximum atomic E-state index is 11.9. The van der Waals surface area contributed by atoms with E-state index in [9.17, 15) is 8.78 Å². The van der Waals surface area contributed by atoms with Gasteiger partial charge in [0.15, 0.2) is 0 Å². The molecule has 0 bridgehead atoms. The summed E-state index contributed by atoms with van der Waals surface area (Å²) in [6.07, 6.45) is -2.00. The lowest BCUT2D eigenvalue weighted by atomic mass is 10.1. The van der Waals surface area contributed by atoms with Crippen LogP contribution in [-0.4, -0.2) is 19.6 Å². The third-order valence-electron chi connectivity index (χ3n) is 2.34. The first-order valence-corrected chi connectivity index (χ1v) is 6.07. The molecule has 3 nitrogen and oxygen atoms in total. The molecular formula is C11H14Cl2F2N2O. The van der Waals surface area contributed by atoms with Crippen molar-refractivity contribution < 1.29 is 13.5 Å². The monoisotopic (exact) mass is 298 g/mol. The van der Waals surface area contributed by atoms with E-state index in [2.05, 4.69) is 5.43 Å². The van der Waals surface area contributed by atoms with E-state index in [0.29, 0.717) is 16.5 Å². The van der Waals surface area contributed by atoms with Gasteiger partial charge in [0.05, 0.1) is 10.0 Å². The minimum atomic E-state index is -2.46. The topological polar surface area (TPSA) is 47.3 Å². The lowest BCUT2D eigenvalue weighted by Gasteiger charge is -2.17. The van der Waals surface area contributed by atoms with Crippen molar-refractivity contribution in [2.24, 2.45) is 5.84 Å². The molecule has 1 rings (SSSR count). The molecule has 1 unspecified atom stereocenters. The molecule has 0 saturated carbocycles. The van der Waals surface area contributed by atoms with E-state index >= 15 is 0 Å². The Bertz CT molecular complexity index is 380. The molecule has 0 aliphatic carbocycles. The third kappa shape index (κ3) is 5.04. The van der Waals surface area contributed by atoms with Crippen LogP contribution in [0.5, 0.6) is 0 Å². The normalized spacial score (nSPS) is 13.0. The number of nitrogens with one attached hydrogen (secondary N) is 1. The average molecular weight is 299 g/mol. The first kappa shape index (κ1) is 15.6. The number of alkyl halides is 2. The predicted molar refractivity (Wildman–Crippen MR) is 68.0 cm³/mol. The van der Waals surface area contributed by atoms with Crippen LogP contribution in [0.3, 0.4) is 0 Å². The van der Waals surface area contributed by atoms with Crippen molar-refractivity contribution in [1.82, 2.24) is 5.43 Å². The minimum Gasteiger partial charge on any atom is -0.375 e. The van der Waals surface area contributed by atoms with Gasteiger partial charge >= 0.3 is 0 Å². The number of hydrazine groups is 1. The lowest BCUT2D eigenvalue weighted by Crippen LogP contribution is -2.29.